The van der Waals surface area contributed by atoms with Crippen molar-refractivity contribution in [3.63, 3.8) is 0 Å². The van der Waals surface area contributed by atoms with E-state index in [2.05, 4.69) is 11.8 Å². The second-order valence-corrected chi connectivity index (χ2v) is 4.67. The molecule has 0 aromatic heterocycles. The van der Waals surface area contributed by atoms with Gasteiger partial charge >= 0.3 is 0 Å². The Bertz CT molecular complexity index is 337. The topological polar surface area (TPSA) is 29.3 Å². The number of benzene rings is 1. The van der Waals surface area contributed by atoms with Crippen LogP contribution in [-0.2, 0) is 6.54 Å². The van der Waals surface area contributed by atoms with Crippen LogP contribution in [0.15, 0.2) is 24.3 Å². The van der Waals surface area contributed by atoms with E-state index in [4.69, 9.17) is 29.6 Å². The molecule has 4 heteroatoms. The van der Waals surface area contributed by atoms with E-state index in [1.54, 1.807) is 0 Å². The molecule has 2 nitrogen and oxygen atoms in total. The molecule has 16 heavy (non-hydrogen) atoms. The van der Waals surface area contributed by atoms with Crippen molar-refractivity contribution in [1.29, 1.82) is 0 Å². The molecule has 0 atom stereocenters. The molecule has 88 valence electrons. The summed E-state index contributed by atoms with van der Waals surface area (Å²) >= 11 is 10.7. The zero-order valence-electron chi connectivity index (χ0n) is 9.45. The Labute approximate surface area is 107 Å². The lowest BCUT2D eigenvalue weighted by atomic mass is 10.2. The Balaban J connectivity index is 2.49. The molecule has 0 fully saturated rings. The van der Waals surface area contributed by atoms with Gasteiger partial charge in [-0.25, -0.2) is 0 Å². The first kappa shape index (κ1) is 13.4. The van der Waals surface area contributed by atoms with Gasteiger partial charge in [0.15, 0.2) is 0 Å². The molecular formula is C12H17ClN2S. The number of rotatable bonds is 6. The summed E-state index contributed by atoms with van der Waals surface area (Å²) in [7, 11) is 0. The van der Waals surface area contributed by atoms with Gasteiger partial charge in [-0.15, -0.1) is 0 Å². The van der Waals surface area contributed by atoms with Crippen molar-refractivity contribution in [3.8, 4) is 0 Å². The van der Waals surface area contributed by atoms with E-state index in [0.29, 0.717) is 4.99 Å². The Morgan fingerprint density at radius 2 is 2.00 bits per heavy atom. The molecule has 1 rings (SSSR count). The summed E-state index contributed by atoms with van der Waals surface area (Å²) in [6.45, 7) is 4.95. The fourth-order valence-corrected chi connectivity index (χ4v) is 1.68. The van der Waals surface area contributed by atoms with Crippen LogP contribution < -0.4 is 5.73 Å². The van der Waals surface area contributed by atoms with E-state index in [-0.39, 0.29) is 0 Å². The SMILES string of the molecule is CCN(CCC(N)=S)Cc1ccc(Cl)cc1. The maximum absolute atomic E-state index is 5.84. The van der Waals surface area contributed by atoms with Crippen molar-refractivity contribution in [3.05, 3.63) is 34.9 Å². The van der Waals surface area contributed by atoms with Gasteiger partial charge in [-0.1, -0.05) is 42.9 Å². The molecule has 0 unspecified atom stereocenters. The number of nitrogens with zero attached hydrogens (tertiary/aromatic N) is 1. The molecule has 0 heterocycles. The first-order valence-electron chi connectivity index (χ1n) is 5.37. The highest BCUT2D eigenvalue weighted by Gasteiger charge is 2.04. The quantitative estimate of drug-likeness (QED) is 0.794. The molecule has 1 aromatic carbocycles. The zero-order chi connectivity index (χ0) is 12.0. The van der Waals surface area contributed by atoms with Crippen LogP contribution in [0.1, 0.15) is 18.9 Å². The lowest BCUT2D eigenvalue weighted by Gasteiger charge is -2.20. The highest BCUT2D eigenvalue weighted by Crippen LogP contribution is 2.11. The first-order valence-corrected chi connectivity index (χ1v) is 6.15. The van der Waals surface area contributed by atoms with Crippen LogP contribution in [0.4, 0.5) is 0 Å². The molecule has 0 saturated heterocycles. The average Bonchev–Trinajstić information content (AvgIpc) is 2.26. The molecule has 1 aromatic rings. The Kier molecular flexibility index (Phi) is 5.74. The van der Waals surface area contributed by atoms with Gasteiger partial charge < -0.3 is 5.73 Å². The summed E-state index contributed by atoms with van der Waals surface area (Å²) in [6.07, 6.45) is 0.775. The highest BCUT2D eigenvalue weighted by molar-refractivity contribution is 7.80. The maximum Gasteiger partial charge on any atom is 0.0740 e. The summed E-state index contributed by atoms with van der Waals surface area (Å²) in [4.78, 5) is 2.89. The monoisotopic (exact) mass is 256 g/mol. The van der Waals surface area contributed by atoms with Crippen LogP contribution in [0.25, 0.3) is 0 Å². The largest absolute Gasteiger partial charge is 0.393 e. The number of nitrogens with two attached hydrogens (primary N) is 1. The molecule has 0 saturated carbocycles. The van der Waals surface area contributed by atoms with Crippen molar-refractivity contribution in [2.75, 3.05) is 13.1 Å². The maximum atomic E-state index is 5.84. The predicted molar refractivity (Wildman–Crippen MR) is 73.8 cm³/mol. The van der Waals surface area contributed by atoms with E-state index in [0.717, 1.165) is 31.1 Å². The minimum Gasteiger partial charge on any atom is -0.393 e. The Morgan fingerprint density at radius 3 is 2.50 bits per heavy atom. The van der Waals surface area contributed by atoms with Crippen LogP contribution in [0, 0.1) is 0 Å². The van der Waals surface area contributed by atoms with Crippen molar-refractivity contribution in [1.82, 2.24) is 4.90 Å². The van der Waals surface area contributed by atoms with Crippen molar-refractivity contribution in [2.45, 2.75) is 19.9 Å². The number of hydrogen-bond donors (Lipinski definition) is 1. The summed E-state index contributed by atoms with van der Waals surface area (Å²) in [5.41, 5.74) is 6.75. The molecule has 2 N–H and O–H groups in total. The second-order valence-electron chi connectivity index (χ2n) is 3.71. The van der Waals surface area contributed by atoms with Crippen LogP contribution >= 0.6 is 23.8 Å². The van der Waals surface area contributed by atoms with E-state index >= 15 is 0 Å². The molecule has 0 amide bonds. The summed E-state index contributed by atoms with van der Waals surface area (Å²) in [5.74, 6) is 0. The van der Waals surface area contributed by atoms with Gasteiger partial charge in [-0.05, 0) is 24.2 Å². The Morgan fingerprint density at radius 1 is 1.38 bits per heavy atom. The number of halogens is 1. The molecule has 0 bridgehead atoms. The van der Waals surface area contributed by atoms with Crippen LogP contribution in [0.2, 0.25) is 5.02 Å². The number of hydrogen-bond acceptors (Lipinski definition) is 2. The standard InChI is InChI=1S/C12H17ClN2S/c1-2-15(8-7-12(14)16)9-10-3-5-11(13)6-4-10/h3-6H,2,7-9H2,1H3,(H2,14,16). The van der Waals surface area contributed by atoms with Gasteiger partial charge in [0.05, 0.1) is 4.99 Å². The summed E-state index contributed by atoms with van der Waals surface area (Å²) < 4.78 is 0. The van der Waals surface area contributed by atoms with Crippen molar-refractivity contribution < 1.29 is 0 Å². The zero-order valence-corrected chi connectivity index (χ0v) is 11.0. The molecule has 0 aliphatic rings. The summed E-state index contributed by atoms with van der Waals surface area (Å²) in [6, 6.07) is 7.92. The summed E-state index contributed by atoms with van der Waals surface area (Å²) in [5, 5.41) is 0.773. The molecule has 0 aliphatic heterocycles. The third-order valence-electron chi connectivity index (χ3n) is 2.44. The minimum absolute atomic E-state index is 0.578. The highest BCUT2D eigenvalue weighted by atomic mass is 35.5. The molecule has 0 aliphatic carbocycles. The van der Waals surface area contributed by atoms with E-state index in [1.165, 1.54) is 5.56 Å². The third kappa shape index (κ3) is 4.92. The van der Waals surface area contributed by atoms with Gasteiger partial charge in [0.25, 0.3) is 0 Å². The molecule has 0 spiro atoms. The smallest absolute Gasteiger partial charge is 0.0740 e. The van der Waals surface area contributed by atoms with Crippen LogP contribution in [-0.4, -0.2) is 23.0 Å². The fourth-order valence-electron chi connectivity index (χ4n) is 1.47. The van der Waals surface area contributed by atoms with Crippen molar-refractivity contribution in [2.24, 2.45) is 5.73 Å². The van der Waals surface area contributed by atoms with Gasteiger partial charge in [-0.2, -0.15) is 0 Å². The van der Waals surface area contributed by atoms with E-state index in [9.17, 15) is 0 Å². The van der Waals surface area contributed by atoms with Crippen LogP contribution in [0.3, 0.4) is 0 Å². The van der Waals surface area contributed by atoms with Crippen LogP contribution in [0.5, 0.6) is 0 Å². The molecular weight excluding hydrogens is 240 g/mol. The van der Waals surface area contributed by atoms with E-state index in [1.807, 2.05) is 24.3 Å². The van der Waals surface area contributed by atoms with E-state index < -0.39 is 0 Å². The normalized spacial score (nSPS) is 10.7. The van der Waals surface area contributed by atoms with Gasteiger partial charge in [-0.3, -0.25) is 4.90 Å². The first-order chi connectivity index (χ1) is 7.61. The van der Waals surface area contributed by atoms with Gasteiger partial charge in [0.1, 0.15) is 0 Å². The van der Waals surface area contributed by atoms with Crippen molar-refractivity contribution >= 4 is 28.8 Å². The lowest BCUT2D eigenvalue weighted by Crippen LogP contribution is -2.27. The average molecular weight is 257 g/mol. The fraction of sp³-hybridized carbons (Fsp3) is 0.417. The van der Waals surface area contributed by atoms with Gasteiger partial charge in [0.2, 0.25) is 0 Å². The lowest BCUT2D eigenvalue weighted by molar-refractivity contribution is 0.288. The second kappa shape index (κ2) is 6.84. The predicted octanol–water partition coefficient (Wildman–Crippen LogP) is 2.84. The molecule has 0 radical (unpaired) electrons. The van der Waals surface area contributed by atoms with Gasteiger partial charge in [0, 0.05) is 24.5 Å². The minimum atomic E-state index is 0.578. The Hall–Kier alpha value is -0.640. The third-order valence-corrected chi connectivity index (χ3v) is 2.90. The number of thiocarbonyl (C=S) groups is 1.